The lowest BCUT2D eigenvalue weighted by molar-refractivity contribution is -0.127. The highest BCUT2D eigenvalue weighted by Gasteiger charge is 2.12. The quantitative estimate of drug-likeness (QED) is 0.500. The molecule has 9 heteroatoms. The fourth-order valence-corrected chi connectivity index (χ4v) is 4.30. The smallest absolute Gasteiger partial charge is 0.233 e. The Balaban J connectivity index is 1.44. The Bertz CT molecular complexity index is 960. The van der Waals surface area contributed by atoms with Crippen molar-refractivity contribution in [1.29, 1.82) is 0 Å². The first-order chi connectivity index (χ1) is 14.4. The van der Waals surface area contributed by atoms with Gasteiger partial charge in [0, 0.05) is 39.9 Å². The average Bonchev–Trinajstić information content (AvgIpc) is 3.20. The Morgan fingerprint density at radius 3 is 2.37 bits per heavy atom. The Kier molecular flexibility index (Phi) is 7.64. The summed E-state index contributed by atoms with van der Waals surface area (Å²) in [7, 11) is 5.80. The molecular formula is C21H24FN5OS2. The highest BCUT2D eigenvalue weighted by Crippen LogP contribution is 2.26. The zero-order valence-corrected chi connectivity index (χ0v) is 18.8. The first-order valence-corrected chi connectivity index (χ1v) is 11.2. The summed E-state index contributed by atoms with van der Waals surface area (Å²) in [5.41, 5.74) is 3.17. The monoisotopic (exact) mass is 445 g/mol. The second-order valence-electron chi connectivity index (χ2n) is 6.95. The number of benzene rings is 2. The predicted octanol–water partition coefficient (Wildman–Crippen LogP) is 4.11. The van der Waals surface area contributed by atoms with E-state index in [-0.39, 0.29) is 11.7 Å². The van der Waals surface area contributed by atoms with Crippen LogP contribution >= 0.6 is 23.1 Å². The van der Waals surface area contributed by atoms with Crippen LogP contribution in [0.4, 0.5) is 15.2 Å². The molecule has 0 aliphatic rings. The second-order valence-corrected chi connectivity index (χ2v) is 9.15. The van der Waals surface area contributed by atoms with Crippen LogP contribution in [0.15, 0.2) is 52.9 Å². The zero-order chi connectivity index (χ0) is 21.5. The van der Waals surface area contributed by atoms with Gasteiger partial charge in [-0.3, -0.25) is 4.79 Å². The highest BCUT2D eigenvalue weighted by molar-refractivity contribution is 8.01. The zero-order valence-electron chi connectivity index (χ0n) is 17.1. The van der Waals surface area contributed by atoms with Crippen molar-refractivity contribution in [2.24, 2.45) is 0 Å². The summed E-state index contributed by atoms with van der Waals surface area (Å²) >= 11 is 2.77. The number of anilines is 2. The molecule has 0 atom stereocenters. The Morgan fingerprint density at radius 1 is 1.03 bits per heavy atom. The molecule has 6 nitrogen and oxygen atoms in total. The number of hydrogen-bond acceptors (Lipinski definition) is 7. The van der Waals surface area contributed by atoms with Gasteiger partial charge >= 0.3 is 0 Å². The van der Waals surface area contributed by atoms with Gasteiger partial charge in [0.2, 0.25) is 11.0 Å². The molecule has 0 aliphatic heterocycles. The fourth-order valence-electron chi connectivity index (χ4n) is 2.61. The average molecular weight is 446 g/mol. The number of aromatic nitrogens is 2. The number of carbonyl (C=O) groups excluding carboxylic acids is 1. The van der Waals surface area contributed by atoms with Crippen LogP contribution in [0.25, 0.3) is 0 Å². The largest absolute Gasteiger partial charge is 0.378 e. The molecule has 1 amide bonds. The van der Waals surface area contributed by atoms with E-state index in [1.807, 2.05) is 43.3 Å². The summed E-state index contributed by atoms with van der Waals surface area (Å²) in [6, 6.07) is 14.5. The van der Waals surface area contributed by atoms with Crippen molar-refractivity contribution in [3.05, 3.63) is 65.5 Å². The molecule has 0 saturated carbocycles. The third-order valence-corrected chi connectivity index (χ3v) is 6.38. The second kappa shape index (κ2) is 10.4. The van der Waals surface area contributed by atoms with Gasteiger partial charge in [-0.1, -0.05) is 47.4 Å². The summed E-state index contributed by atoms with van der Waals surface area (Å²) in [5, 5.41) is 12.0. The van der Waals surface area contributed by atoms with E-state index in [4.69, 9.17) is 0 Å². The molecule has 0 saturated heterocycles. The van der Waals surface area contributed by atoms with Gasteiger partial charge in [0.15, 0.2) is 4.34 Å². The van der Waals surface area contributed by atoms with E-state index in [0.29, 0.717) is 24.0 Å². The minimum atomic E-state index is -0.256. The SMILES string of the molecule is CN(Cc1ccc(N(C)C)cc1)C(=O)CSc1nnc(NCc2ccc(F)cc2)s1. The van der Waals surface area contributed by atoms with Crippen molar-refractivity contribution in [3.8, 4) is 0 Å². The van der Waals surface area contributed by atoms with Gasteiger partial charge in [0.05, 0.1) is 5.75 Å². The first-order valence-electron chi connectivity index (χ1n) is 9.35. The number of thioether (sulfide) groups is 1. The summed E-state index contributed by atoms with van der Waals surface area (Å²) < 4.78 is 13.7. The molecule has 0 fully saturated rings. The molecule has 30 heavy (non-hydrogen) atoms. The third-order valence-electron chi connectivity index (χ3n) is 4.38. The van der Waals surface area contributed by atoms with Crippen LogP contribution in [-0.4, -0.2) is 47.9 Å². The first kappa shape index (κ1) is 22.0. The van der Waals surface area contributed by atoms with Gasteiger partial charge in [0.25, 0.3) is 0 Å². The number of hydrogen-bond donors (Lipinski definition) is 1. The van der Waals surface area contributed by atoms with Gasteiger partial charge in [-0.2, -0.15) is 0 Å². The normalized spacial score (nSPS) is 10.7. The molecule has 1 N–H and O–H groups in total. The molecule has 0 radical (unpaired) electrons. The lowest BCUT2D eigenvalue weighted by atomic mass is 10.2. The van der Waals surface area contributed by atoms with E-state index < -0.39 is 0 Å². The topological polar surface area (TPSA) is 61.4 Å². The van der Waals surface area contributed by atoms with Crippen LogP contribution in [0.5, 0.6) is 0 Å². The molecule has 3 aromatic rings. The van der Waals surface area contributed by atoms with E-state index >= 15 is 0 Å². The van der Waals surface area contributed by atoms with Crippen LogP contribution in [0.1, 0.15) is 11.1 Å². The molecular weight excluding hydrogens is 421 g/mol. The Hall–Kier alpha value is -2.65. The van der Waals surface area contributed by atoms with Gasteiger partial charge in [-0.15, -0.1) is 10.2 Å². The van der Waals surface area contributed by atoms with Crippen molar-refractivity contribution in [3.63, 3.8) is 0 Å². The minimum Gasteiger partial charge on any atom is -0.378 e. The van der Waals surface area contributed by atoms with Crippen LogP contribution in [0.3, 0.4) is 0 Å². The fraction of sp³-hybridized carbons (Fsp3) is 0.286. The number of amides is 1. The van der Waals surface area contributed by atoms with Crippen molar-refractivity contribution < 1.29 is 9.18 Å². The maximum atomic E-state index is 13.0. The van der Waals surface area contributed by atoms with Crippen LogP contribution in [-0.2, 0) is 17.9 Å². The lowest BCUT2D eigenvalue weighted by Crippen LogP contribution is -2.27. The van der Waals surface area contributed by atoms with Crippen LogP contribution in [0.2, 0.25) is 0 Å². The van der Waals surface area contributed by atoms with Gasteiger partial charge in [-0.25, -0.2) is 4.39 Å². The van der Waals surface area contributed by atoms with E-state index in [9.17, 15) is 9.18 Å². The van der Waals surface area contributed by atoms with Crippen molar-refractivity contribution in [2.45, 2.75) is 17.4 Å². The lowest BCUT2D eigenvalue weighted by Gasteiger charge is -2.18. The highest BCUT2D eigenvalue weighted by atomic mass is 32.2. The maximum absolute atomic E-state index is 13.0. The molecule has 0 spiro atoms. The predicted molar refractivity (Wildman–Crippen MR) is 122 cm³/mol. The molecule has 0 bridgehead atoms. The standard InChI is InChI=1S/C21H24FN5OS2/c1-26(2)18-10-6-16(7-11-18)13-27(3)19(28)14-29-21-25-24-20(30-21)23-12-15-4-8-17(22)9-5-15/h4-11H,12-14H2,1-3H3,(H,23,24). The van der Waals surface area contributed by atoms with Crippen molar-refractivity contribution in [1.82, 2.24) is 15.1 Å². The van der Waals surface area contributed by atoms with Crippen LogP contribution < -0.4 is 10.2 Å². The van der Waals surface area contributed by atoms with E-state index in [0.717, 1.165) is 21.2 Å². The van der Waals surface area contributed by atoms with E-state index in [1.165, 1.54) is 35.2 Å². The molecule has 1 aromatic heterocycles. The Labute approximate surface area is 184 Å². The molecule has 3 rings (SSSR count). The number of nitrogens with zero attached hydrogens (tertiary/aromatic N) is 4. The van der Waals surface area contributed by atoms with Crippen molar-refractivity contribution in [2.75, 3.05) is 37.1 Å². The summed E-state index contributed by atoms with van der Waals surface area (Å²) in [6.45, 7) is 1.10. The Morgan fingerprint density at radius 2 is 1.70 bits per heavy atom. The number of rotatable bonds is 9. The number of carbonyl (C=O) groups is 1. The van der Waals surface area contributed by atoms with Gasteiger partial charge in [0.1, 0.15) is 5.82 Å². The van der Waals surface area contributed by atoms with Crippen molar-refractivity contribution >= 4 is 39.8 Å². The summed E-state index contributed by atoms with van der Waals surface area (Å²) in [5.74, 6) is 0.0834. The van der Waals surface area contributed by atoms with E-state index in [2.05, 4.69) is 15.5 Å². The summed E-state index contributed by atoms with van der Waals surface area (Å²) in [6.07, 6.45) is 0. The molecule has 1 heterocycles. The third kappa shape index (κ3) is 6.43. The van der Waals surface area contributed by atoms with Crippen LogP contribution in [0, 0.1) is 5.82 Å². The molecule has 158 valence electrons. The van der Waals surface area contributed by atoms with E-state index in [1.54, 1.807) is 24.1 Å². The number of halogens is 1. The molecule has 2 aromatic carbocycles. The minimum absolute atomic E-state index is 0.0349. The van der Waals surface area contributed by atoms with Gasteiger partial charge in [-0.05, 0) is 35.4 Å². The molecule has 0 unspecified atom stereocenters. The molecule has 0 aliphatic carbocycles. The number of nitrogens with one attached hydrogen (secondary N) is 1. The summed E-state index contributed by atoms with van der Waals surface area (Å²) in [4.78, 5) is 16.2. The van der Waals surface area contributed by atoms with Gasteiger partial charge < -0.3 is 15.1 Å². The maximum Gasteiger partial charge on any atom is 0.233 e.